The van der Waals surface area contributed by atoms with Gasteiger partial charge >= 0.3 is 0 Å². The molecule has 0 spiro atoms. The molecule has 0 amide bonds. The predicted molar refractivity (Wildman–Crippen MR) is 60.8 cm³/mol. The van der Waals surface area contributed by atoms with Gasteiger partial charge in [0.1, 0.15) is 0 Å². The van der Waals surface area contributed by atoms with E-state index in [4.69, 9.17) is 5.26 Å². The van der Waals surface area contributed by atoms with Crippen molar-refractivity contribution in [1.82, 2.24) is 4.90 Å². The van der Waals surface area contributed by atoms with Crippen LogP contribution in [-0.4, -0.2) is 39.7 Å². The Hall–Kier alpha value is -0.400. The first-order valence-electron chi connectivity index (χ1n) is 5.80. The number of nitrogens with zero attached hydrogens (tertiary/aromatic N) is 2. The molecule has 1 aliphatic heterocycles. The first kappa shape index (κ1) is 11.1. The van der Waals surface area contributed by atoms with Gasteiger partial charge in [-0.15, -0.1) is 0 Å². The molecule has 2 rings (SSSR count). The molecule has 1 saturated carbocycles. The summed E-state index contributed by atoms with van der Waals surface area (Å²) in [6, 6.07) is 2.89. The highest BCUT2D eigenvalue weighted by Gasteiger charge is 2.31. The summed E-state index contributed by atoms with van der Waals surface area (Å²) in [6.07, 6.45) is 4.67. The van der Waals surface area contributed by atoms with Crippen molar-refractivity contribution in [2.24, 2.45) is 5.92 Å². The van der Waals surface area contributed by atoms with Crippen LogP contribution in [-0.2, 0) is 10.8 Å². The van der Waals surface area contributed by atoms with E-state index < -0.39 is 10.8 Å². The first-order valence-corrected chi connectivity index (χ1v) is 7.28. The molecule has 3 nitrogen and oxygen atoms in total. The first-order chi connectivity index (χ1) is 7.31. The van der Waals surface area contributed by atoms with Crippen LogP contribution in [0.3, 0.4) is 0 Å². The van der Waals surface area contributed by atoms with E-state index in [0.29, 0.717) is 6.04 Å². The number of hydrogen-bond acceptors (Lipinski definition) is 3. The van der Waals surface area contributed by atoms with Gasteiger partial charge in [-0.25, -0.2) is 0 Å². The molecule has 15 heavy (non-hydrogen) atoms. The SMILES string of the molecule is N#CC1CCCCC1N1CCS(=O)CC1. The van der Waals surface area contributed by atoms with Crippen LogP contribution in [0.1, 0.15) is 25.7 Å². The standard InChI is InChI=1S/C11H18N2OS/c12-9-10-3-1-2-4-11(10)13-5-7-15(14)8-6-13/h10-11H,1-8H2. The maximum absolute atomic E-state index is 11.3. The molecule has 0 aromatic heterocycles. The highest BCUT2D eigenvalue weighted by atomic mass is 32.2. The fourth-order valence-electron chi connectivity index (χ4n) is 2.68. The van der Waals surface area contributed by atoms with Crippen molar-refractivity contribution in [3.05, 3.63) is 0 Å². The third kappa shape index (κ3) is 2.59. The Morgan fingerprint density at radius 1 is 1.20 bits per heavy atom. The number of hydrogen-bond donors (Lipinski definition) is 0. The zero-order valence-corrected chi connectivity index (χ0v) is 9.84. The zero-order chi connectivity index (χ0) is 10.7. The second kappa shape index (κ2) is 5.09. The molecule has 0 bridgehead atoms. The summed E-state index contributed by atoms with van der Waals surface area (Å²) >= 11 is 0. The lowest BCUT2D eigenvalue weighted by atomic mass is 9.84. The smallest absolute Gasteiger partial charge is 0.0672 e. The van der Waals surface area contributed by atoms with Crippen LogP contribution >= 0.6 is 0 Å². The molecule has 84 valence electrons. The Bertz CT molecular complexity index is 277. The van der Waals surface area contributed by atoms with Crippen LogP contribution < -0.4 is 0 Å². The molecule has 0 radical (unpaired) electrons. The summed E-state index contributed by atoms with van der Waals surface area (Å²) in [5.74, 6) is 1.81. The maximum Gasteiger partial charge on any atom is 0.0672 e. The van der Waals surface area contributed by atoms with E-state index in [1.54, 1.807) is 0 Å². The number of rotatable bonds is 1. The summed E-state index contributed by atoms with van der Waals surface area (Å²) in [5, 5.41) is 9.11. The maximum atomic E-state index is 11.3. The van der Waals surface area contributed by atoms with Gasteiger partial charge in [-0.2, -0.15) is 5.26 Å². The van der Waals surface area contributed by atoms with Gasteiger partial charge in [0.2, 0.25) is 0 Å². The summed E-state index contributed by atoms with van der Waals surface area (Å²) in [7, 11) is -0.603. The molecule has 0 aromatic carbocycles. The van der Waals surface area contributed by atoms with E-state index in [1.165, 1.54) is 12.8 Å². The van der Waals surface area contributed by atoms with E-state index in [-0.39, 0.29) is 5.92 Å². The third-order valence-electron chi connectivity index (χ3n) is 3.58. The van der Waals surface area contributed by atoms with Gasteiger partial charge in [0.05, 0.1) is 12.0 Å². The molecule has 4 heteroatoms. The van der Waals surface area contributed by atoms with Crippen LogP contribution in [0.2, 0.25) is 0 Å². The molecule has 1 saturated heterocycles. The highest BCUT2D eigenvalue weighted by molar-refractivity contribution is 7.85. The predicted octanol–water partition coefficient (Wildman–Crippen LogP) is 1.13. The van der Waals surface area contributed by atoms with Crippen LogP contribution in [0.25, 0.3) is 0 Å². The van der Waals surface area contributed by atoms with Crippen molar-refractivity contribution in [3.63, 3.8) is 0 Å². The Morgan fingerprint density at radius 3 is 2.53 bits per heavy atom. The molecule has 2 unspecified atom stereocenters. The van der Waals surface area contributed by atoms with E-state index >= 15 is 0 Å². The Labute approximate surface area is 93.9 Å². The molecule has 0 aromatic rings. The van der Waals surface area contributed by atoms with Crippen LogP contribution in [0.15, 0.2) is 0 Å². The van der Waals surface area contributed by atoms with Gasteiger partial charge < -0.3 is 0 Å². The molecular weight excluding hydrogens is 208 g/mol. The minimum Gasteiger partial charge on any atom is -0.297 e. The molecular formula is C11H18N2OS. The molecule has 2 fully saturated rings. The minimum atomic E-state index is -0.603. The number of nitriles is 1. The van der Waals surface area contributed by atoms with Crippen molar-refractivity contribution < 1.29 is 4.21 Å². The normalized spacial score (nSPS) is 34.9. The van der Waals surface area contributed by atoms with Crippen molar-refractivity contribution in [1.29, 1.82) is 5.26 Å². The monoisotopic (exact) mass is 226 g/mol. The Morgan fingerprint density at radius 2 is 1.87 bits per heavy atom. The topological polar surface area (TPSA) is 44.1 Å². The lowest BCUT2D eigenvalue weighted by molar-refractivity contribution is 0.138. The van der Waals surface area contributed by atoms with E-state index in [0.717, 1.165) is 37.4 Å². The van der Waals surface area contributed by atoms with Crippen molar-refractivity contribution in [3.8, 4) is 6.07 Å². The van der Waals surface area contributed by atoms with Crippen LogP contribution in [0.4, 0.5) is 0 Å². The Balaban J connectivity index is 1.96. The highest BCUT2D eigenvalue weighted by Crippen LogP contribution is 2.28. The van der Waals surface area contributed by atoms with Gasteiger partial charge in [-0.1, -0.05) is 12.8 Å². The van der Waals surface area contributed by atoms with Crippen LogP contribution in [0.5, 0.6) is 0 Å². The van der Waals surface area contributed by atoms with Crippen molar-refractivity contribution >= 4 is 10.8 Å². The van der Waals surface area contributed by atoms with Gasteiger partial charge in [0.15, 0.2) is 0 Å². The second-order valence-electron chi connectivity index (χ2n) is 4.47. The fraction of sp³-hybridized carbons (Fsp3) is 0.909. The quantitative estimate of drug-likeness (QED) is 0.673. The summed E-state index contributed by atoms with van der Waals surface area (Å²) in [5.41, 5.74) is 0. The van der Waals surface area contributed by atoms with E-state index in [2.05, 4.69) is 11.0 Å². The van der Waals surface area contributed by atoms with Crippen molar-refractivity contribution in [2.75, 3.05) is 24.6 Å². The van der Waals surface area contributed by atoms with Crippen molar-refractivity contribution in [2.45, 2.75) is 31.7 Å². The lowest BCUT2D eigenvalue weighted by Crippen LogP contribution is -2.48. The molecule has 2 aliphatic rings. The van der Waals surface area contributed by atoms with Gasteiger partial charge in [0.25, 0.3) is 0 Å². The molecule has 2 atom stereocenters. The Kier molecular flexibility index (Phi) is 3.76. The summed E-state index contributed by atoms with van der Waals surface area (Å²) in [6.45, 7) is 1.85. The summed E-state index contributed by atoms with van der Waals surface area (Å²) < 4.78 is 11.3. The minimum absolute atomic E-state index is 0.213. The zero-order valence-electron chi connectivity index (χ0n) is 9.02. The lowest BCUT2D eigenvalue weighted by Gasteiger charge is -2.38. The average molecular weight is 226 g/mol. The molecule has 1 aliphatic carbocycles. The van der Waals surface area contributed by atoms with Gasteiger partial charge in [-0.3, -0.25) is 9.11 Å². The third-order valence-corrected chi connectivity index (χ3v) is 4.85. The second-order valence-corrected chi connectivity index (χ2v) is 6.17. The van der Waals surface area contributed by atoms with Gasteiger partial charge in [-0.05, 0) is 12.8 Å². The molecule has 0 N–H and O–H groups in total. The summed E-state index contributed by atoms with van der Waals surface area (Å²) in [4.78, 5) is 2.40. The molecule has 1 heterocycles. The van der Waals surface area contributed by atoms with Gasteiger partial charge in [0, 0.05) is 41.4 Å². The van der Waals surface area contributed by atoms with Crippen LogP contribution in [0, 0.1) is 17.2 Å². The van der Waals surface area contributed by atoms with E-state index in [1.807, 2.05) is 0 Å². The average Bonchev–Trinajstić information content (AvgIpc) is 2.30. The largest absolute Gasteiger partial charge is 0.297 e. The van der Waals surface area contributed by atoms with E-state index in [9.17, 15) is 4.21 Å². The fourth-order valence-corrected chi connectivity index (χ4v) is 3.76.